The van der Waals surface area contributed by atoms with Crippen molar-refractivity contribution < 1.29 is 4.42 Å². The molecule has 0 fully saturated rings. The molecule has 1 unspecified atom stereocenters. The van der Waals surface area contributed by atoms with E-state index in [1.165, 1.54) is 0 Å². The van der Waals surface area contributed by atoms with Crippen LogP contribution in [-0.4, -0.2) is 15.0 Å². The smallest absolute Gasteiger partial charge is 0.180 e. The van der Waals surface area contributed by atoms with Crippen LogP contribution >= 0.6 is 11.6 Å². The zero-order valence-corrected chi connectivity index (χ0v) is 13.1. The number of fused-ring (bicyclic) bond motifs is 2. The molecule has 5 nitrogen and oxygen atoms in total. The first-order valence-electron chi connectivity index (χ1n) is 7.22. The van der Waals surface area contributed by atoms with Gasteiger partial charge in [0.1, 0.15) is 22.7 Å². The third-order valence-electron chi connectivity index (χ3n) is 3.62. The highest BCUT2D eigenvalue weighted by Gasteiger charge is 2.12. The van der Waals surface area contributed by atoms with Crippen LogP contribution in [-0.2, 0) is 0 Å². The standard InChI is InChI=1S/C17H13ClN4O/c1-10(15-9-11-8-12(18)2-4-14(11)23-15)21-16-5-3-13-17(22-16)20-7-6-19-13/h2-10H,1H3,(H,20,21,22). The number of anilines is 1. The van der Waals surface area contributed by atoms with Gasteiger partial charge in [-0.1, -0.05) is 11.6 Å². The third-order valence-corrected chi connectivity index (χ3v) is 3.86. The largest absolute Gasteiger partial charge is 0.459 e. The number of nitrogens with zero attached hydrogens (tertiary/aromatic N) is 3. The number of rotatable bonds is 3. The molecule has 23 heavy (non-hydrogen) atoms. The molecular weight excluding hydrogens is 312 g/mol. The summed E-state index contributed by atoms with van der Waals surface area (Å²) < 4.78 is 5.87. The Balaban J connectivity index is 1.63. The molecule has 0 bridgehead atoms. The maximum absolute atomic E-state index is 6.01. The Morgan fingerprint density at radius 1 is 1.09 bits per heavy atom. The van der Waals surface area contributed by atoms with E-state index >= 15 is 0 Å². The minimum Gasteiger partial charge on any atom is -0.459 e. The van der Waals surface area contributed by atoms with Crippen LogP contribution in [0, 0.1) is 0 Å². The van der Waals surface area contributed by atoms with E-state index in [-0.39, 0.29) is 6.04 Å². The number of pyridine rings is 1. The Hall–Kier alpha value is -2.66. The lowest BCUT2D eigenvalue weighted by Crippen LogP contribution is -2.07. The summed E-state index contributed by atoms with van der Waals surface area (Å²) in [6.07, 6.45) is 3.28. The van der Waals surface area contributed by atoms with Crippen molar-refractivity contribution in [2.24, 2.45) is 0 Å². The second-order valence-electron chi connectivity index (χ2n) is 5.29. The number of hydrogen-bond acceptors (Lipinski definition) is 5. The molecule has 4 aromatic rings. The van der Waals surface area contributed by atoms with Crippen molar-refractivity contribution in [1.82, 2.24) is 15.0 Å². The van der Waals surface area contributed by atoms with Crippen molar-refractivity contribution in [1.29, 1.82) is 0 Å². The molecule has 3 heterocycles. The average Bonchev–Trinajstić information content (AvgIpc) is 2.98. The fourth-order valence-electron chi connectivity index (χ4n) is 2.48. The van der Waals surface area contributed by atoms with Gasteiger partial charge in [-0.2, -0.15) is 0 Å². The monoisotopic (exact) mass is 324 g/mol. The zero-order valence-electron chi connectivity index (χ0n) is 12.3. The second-order valence-corrected chi connectivity index (χ2v) is 5.73. The summed E-state index contributed by atoms with van der Waals surface area (Å²) >= 11 is 6.01. The number of furan rings is 1. The molecule has 1 N–H and O–H groups in total. The highest BCUT2D eigenvalue weighted by atomic mass is 35.5. The van der Waals surface area contributed by atoms with Crippen LogP contribution in [0.4, 0.5) is 5.82 Å². The molecule has 0 saturated heterocycles. The van der Waals surface area contributed by atoms with Gasteiger partial charge in [0.2, 0.25) is 0 Å². The lowest BCUT2D eigenvalue weighted by atomic mass is 10.2. The van der Waals surface area contributed by atoms with Crippen LogP contribution in [0.3, 0.4) is 0 Å². The summed E-state index contributed by atoms with van der Waals surface area (Å²) in [5.41, 5.74) is 2.19. The van der Waals surface area contributed by atoms with Crippen LogP contribution in [0.25, 0.3) is 22.1 Å². The maximum atomic E-state index is 6.01. The van der Waals surface area contributed by atoms with Gasteiger partial charge in [-0.15, -0.1) is 0 Å². The molecule has 0 aliphatic heterocycles. The summed E-state index contributed by atoms with van der Waals surface area (Å²) in [6, 6.07) is 11.3. The number of hydrogen-bond donors (Lipinski definition) is 1. The fraction of sp³-hybridized carbons (Fsp3) is 0.118. The summed E-state index contributed by atoms with van der Waals surface area (Å²) in [4.78, 5) is 12.9. The van der Waals surface area contributed by atoms with Gasteiger partial charge < -0.3 is 9.73 Å². The van der Waals surface area contributed by atoms with Gasteiger partial charge in [0.15, 0.2) is 5.65 Å². The molecule has 3 aromatic heterocycles. The Kier molecular flexibility index (Phi) is 3.35. The van der Waals surface area contributed by atoms with Gasteiger partial charge >= 0.3 is 0 Å². The Labute approximate surface area is 137 Å². The van der Waals surface area contributed by atoms with E-state index in [1.807, 2.05) is 43.3 Å². The van der Waals surface area contributed by atoms with E-state index in [1.54, 1.807) is 12.4 Å². The molecule has 4 rings (SSSR count). The van der Waals surface area contributed by atoms with Gasteiger partial charge in [0.05, 0.1) is 6.04 Å². The molecule has 0 amide bonds. The summed E-state index contributed by atoms with van der Waals surface area (Å²) in [7, 11) is 0. The van der Waals surface area contributed by atoms with Crippen LogP contribution in [0.5, 0.6) is 0 Å². The quantitative estimate of drug-likeness (QED) is 0.596. The second kappa shape index (κ2) is 5.52. The van der Waals surface area contributed by atoms with Crippen molar-refractivity contribution in [2.45, 2.75) is 13.0 Å². The first-order valence-corrected chi connectivity index (χ1v) is 7.60. The maximum Gasteiger partial charge on any atom is 0.180 e. The Morgan fingerprint density at radius 3 is 2.87 bits per heavy atom. The number of aromatic nitrogens is 3. The normalized spacial score (nSPS) is 12.6. The molecule has 0 spiro atoms. The first-order chi connectivity index (χ1) is 11.2. The van der Waals surface area contributed by atoms with E-state index in [2.05, 4.69) is 20.3 Å². The third kappa shape index (κ3) is 2.71. The molecule has 1 aromatic carbocycles. The molecule has 0 aliphatic carbocycles. The molecule has 0 saturated carbocycles. The van der Waals surface area contributed by atoms with Crippen LogP contribution < -0.4 is 5.32 Å². The SMILES string of the molecule is CC(Nc1ccc2nccnc2n1)c1cc2cc(Cl)ccc2o1. The predicted molar refractivity (Wildman–Crippen MR) is 90.6 cm³/mol. The van der Waals surface area contributed by atoms with E-state index in [4.69, 9.17) is 16.0 Å². The summed E-state index contributed by atoms with van der Waals surface area (Å²) in [6.45, 7) is 2.02. The number of halogens is 1. The number of nitrogens with one attached hydrogen (secondary N) is 1. The first kappa shape index (κ1) is 14.0. The average molecular weight is 325 g/mol. The van der Waals surface area contributed by atoms with Gasteiger partial charge in [-0.25, -0.2) is 9.97 Å². The Morgan fingerprint density at radius 2 is 1.96 bits per heavy atom. The van der Waals surface area contributed by atoms with Crippen molar-refractivity contribution in [3.05, 3.63) is 59.6 Å². The number of benzene rings is 1. The van der Waals surface area contributed by atoms with Gasteiger partial charge in [-0.05, 0) is 43.3 Å². The van der Waals surface area contributed by atoms with Gasteiger partial charge in [-0.3, -0.25) is 4.98 Å². The summed E-state index contributed by atoms with van der Waals surface area (Å²) in [5.74, 6) is 1.55. The van der Waals surface area contributed by atoms with Gasteiger partial charge in [0.25, 0.3) is 0 Å². The van der Waals surface area contributed by atoms with Crippen LogP contribution in [0.2, 0.25) is 5.02 Å². The van der Waals surface area contributed by atoms with E-state index in [0.29, 0.717) is 10.7 Å². The van der Waals surface area contributed by atoms with Gasteiger partial charge in [0, 0.05) is 22.8 Å². The zero-order chi connectivity index (χ0) is 15.8. The molecule has 114 valence electrons. The van der Waals surface area contributed by atoms with Crippen molar-refractivity contribution in [3.63, 3.8) is 0 Å². The highest BCUT2D eigenvalue weighted by Crippen LogP contribution is 2.28. The Bertz CT molecular complexity index is 998. The van der Waals surface area contributed by atoms with E-state index < -0.39 is 0 Å². The lowest BCUT2D eigenvalue weighted by molar-refractivity contribution is 0.525. The van der Waals surface area contributed by atoms with Crippen LogP contribution in [0.15, 0.2) is 53.2 Å². The lowest BCUT2D eigenvalue weighted by Gasteiger charge is -2.12. The van der Waals surface area contributed by atoms with E-state index in [0.717, 1.165) is 28.1 Å². The molecule has 1 atom stereocenters. The molecule has 0 aliphatic rings. The van der Waals surface area contributed by atoms with Crippen molar-refractivity contribution in [3.8, 4) is 0 Å². The topological polar surface area (TPSA) is 63.8 Å². The summed E-state index contributed by atoms with van der Waals surface area (Å²) in [5, 5.41) is 5.00. The minimum absolute atomic E-state index is 0.0391. The molecule has 0 radical (unpaired) electrons. The van der Waals surface area contributed by atoms with Crippen molar-refractivity contribution in [2.75, 3.05) is 5.32 Å². The predicted octanol–water partition coefficient (Wildman–Crippen LogP) is 4.60. The highest BCUT2D eigenvalue weighted by molar-refractivity contribution is 6.31. The van der Waals surface area contributed by atoms with E-state index in [9.17, 15) is 0 Å². The minimum atomic E-state index is -0.0391. The molecule has 6 heteroatoms. The van der Waals surface area contributed by atoms with Crippen molar-refractivity contribution >= 4 is 39.6 Å². The van der Waals surface area contributed by atoms with Crippen LogP contribution in [0.1, 0.15) is 18.7 Å². The molecular formula is C17H13ClN4O. The fourth-order valence-corrected chi connectivity index (χ4v) is 2.66.